The highest BCUT2D eigenvalue weighted by Gasteiger charge is 2.22. The molecule has 0 aromatic carbocycles. The minimum Gasteiger partial charge on any atom is -0.391 e. The Bertz CT molecular complexity index is 90.9. The van der Waals surface area contributed by atoms with E-state index in [-0.39, 0.29) is 6.10 Å². The van der Waals surface area contributed by atoms with E-state index in [1.54, 1.807) is 7.11 Å². The zero-order chi connectivity index (χ0) is 7.40. The predicted molar refractivity (Wildman–Crippen MR) is 36.9 cm³/mol. The van der Waals surface area contributed by atoms with Crippen LogP contribution in [0.4, 0.5) is 0 Å². The van der Waals surface area contributed by atoms with Crippen LogP contribution in [0.1, 0.15) is 12.8 Å². The van der Waals surface area contributed by atoms with E-state index in [0.29, 0.717) is 12.7 Å². The van der Waals surface area contributed by atoms with E-state index in [1.165, 1.54) is 0 Å². The van der Waals surface area contributed by atoms with Gasteiger partial charge in [-0.15, -0.1) is 0 Å². The Labute approximate surface area is 60.9 Å². The Morgan fingerprint density at radius 2 is 2.50 bits per heavy atom. The molecule has 0 amide bonds. The molecule has 0 bridgehead atoms. The van der Waals surface area contributed by atoms with E-state index in [4.69, 9.17) is 14.6 Å². The molecule has 1 N–H and O–H groups in total. The second kappa shape index (κ2) is 3.91. The summed E-state index contributed by atoms with van der Waals surface area (Å²) in [4.78, 5) is 0. The molecule has 60 valence electrons. The molecule has 0 saturated carbocycles. The molecule has 0 aromatic heterocycles. The quantitative estimate of drug-likeness (QED) is 0.562. The molecule has 0 spiro atoms. The fraction of sp³-hybridized carbons (Fsp3) is 1.00. The lowest BCUT2D eigenvalue weighted by Gasteiger charge is -2.06. The Kier molecular flexibility index (Phi) is 3.12. The number of hydrogen-bond acceptors (Lipinski definition) is 3. The molecule has 10 heavy (non-hydrogen) atoms. The van der Waals surface area contributed by atoms with E-state index in [1.807, 2.05) is 0 Å². The first-order valence-electron chi connectivity index (χ1n) is 3.61. The third kappa shape index (κ3) is 3.15. The van der Waals surface area contributed by atoms with Crippen molar-refractivity contribution in [1.82, 2.24) is 0 Å². The molecule has 1 aliphatic rings. The molecule has 0 aliphatic carbocycles. The van der Waals surface area contributed by atoms with Crippen molar-refractivity contribution in [2.24, 2.45) is 0 Å². The average molecular weight is 146 g/mol. The molecule has 1 fully saturated rings. The first kappa shape index (κ1) is 7.98. The Hall–Kier alpha value is -0.120. The van der Waals surface area contributed by atoms with Gasteiger partial charge in [0.2, 0.25) is 0 Å². The smallest absolute Gasteiger partial charge is 0.0810 e. The Balaban J connectivity index is 1.89. The van der Waals surface area contributed by atoms with Gasteiger partial charge in [0, 0.05) is 7.11 Å². The molecular weight excluding hydrogens is 132 g/mol. The molecule has 1 saturated heterocycles. The van der Waals surface area contributed by atoms with Gasteiger partial charge in [0.05, 0.1) is 25.4 Å². The number of epoxide rings is 1. The van der Waals surface area contributed by atoms with Crippen molar-refractivity contribution in [1.29, 1.82) is 0 Å². The van der Waals surface area contributed by atoms with Crippen LogP contribution in [-0.2, 0) is 9.47 Å². The largest absolute Gasteiger partial charge is 0.391 e. The molecule has 0 radical (unpaired) electrons. The number of hydrogen-bond donors (Lipinski definition) is 1. The average Bonchev–Trinajstić information content (AvgIpc) is 2.67. The summed E-state index contributed by atoms with van der Waals surface area (Å²) >= 11 is 0. The van der Waals surface area contributed by atoms with Crippen molar-refractivity contribution >= 4 is 0 Å². The lowest BCUT2D eigenvalue weighted by atomic mass is 10.2. The molecule has 2 atom stereocenters. The number of ether oxygens (including phenoxy) is 2. The minimum absolute atomic E-state index is 0.311. The zero-order valence-electron chi connectivity index (χ0n) is 6.25. The Morgan fingerprint density at radius 3 is 3.00 bits per heavy atom. The summed E-state index contributed by atoms with van der Waals surface area (Å²) in [7, 11) is 1.59. The topological polar surface area (TPSA) is 42.0 Å². The third-order valence-electron chi connectivity index (χ3n) is 1.58. The number of rotatable bonds is 5. The Morgan fingerprint density at radius 1 is 1.80 bits per heavy atom. The van der Waals surface area contributed by atoms with Crippen LogP contribution in [0.25, 0.3) is 0 Å². The SMILES string of the molecule is COCC(O)CCC1CO1. The fourth-order valence-electron chi connectivity index (χ4n) is 0.889. The lowest BCUT2D eigenvalue weighted by Crippen LogP contribution is -2.14. The van der Waals surface area contributed by atoms with Gasteiger partial charge in [0.1, 0.15) is 0 Å². The molecule has 1 aliphatic heterocycles. The van der Waals surface area contributed by atoms with Crippen LogP contribution >= 0.6 is 0 Å². The van der Waals surface area contributed by atoms with Crippen LogP contribution in [0.5, 0.6) is 0 Å². The highest BCUT2D eigenvalue weighted by atomic mass is 16.6. The van der Waals surface area contributed by atoms with Crippen molar-refractivity contribution in [2.75, 3.05) is 20.3 Å². The standard InChI is InChI=1S/C7H14O3/c1-9-4-6(8)2-3-7-5-10-7/h6-8H,2-5H2,1H3. The van der Waals surface area contributed by atoms with Crippen LogP contribution in [0.15, 0.2) is 0 Å². The lowest BCUT2D eigenvalue weighted by molar-refractivity contribution is 0.0566. The second-order valence-corrected chi connectivity index (χ2v) is 2.64. The number of aliphatic hydroxyl groups is 1. The fourth-order valence-corrected chi connectivity index (χ4v) is 0.889. The molecule has 2 unspecified atom stereocenters. The second-order valence-electron chi connectivity index (χ2n) is 2.64. The maximum absolute atomic E-state index is 9.15. The van der Waals surface area contributed by atoms with Gasteiger partial charge in [0.25, 0.3) is 0 Å². The van der Waals surface area contributed by atoms with Gasteiger partial charge in [-0.05, 0) is 12.8 Å². The number of methoxy groups -OCH3 is 1. The third-order valence-corrected chi connectivity index (χ3v) is 1.58. The highest BCUT2D eigenvalue weighted by Crippen LogP contribution is 2.16. The first-order valence-corrected chi connectivity index (χ1v) is 3.61. The number of aliphatic hydroxyl groups excluding tert-OH is 1. The van der Waals surface area contributed by atoms with E-state index in [0.717, 1.165) is 19.4 Å². The van der Waals surface area contributed by atoms with Gasteiger partial charge in [-0.1, -0.05) is 0 Å². The van der Waals surface area contributed by atoms with Crippen molar-refractivity contribution in [3.8, 4) is 0 Å². The summed E-state index contributed by atoms with van der Waals surface area (Å²) in [5.41, 5.74) is 0. The van der Waals surface area contributed by atoms with Crippen LogP contribution in [0, 0.1) is 0 Å². The molecular formula is C7H14O3. The van der Waals surface area contributed by atoms with Crippen LogP contribution < -0.4 is 0 Å². The van der Waals surface area contributed by atoms with Crippen LogP contribution in [0.2, 0.25) is 0 Å². The van der Waals surface area contributed by atoms with Crippen LogP contribution in [0.3, 0.4) is 0 Å². The molecule has 0 aromatic rings. The summed E-state index contributed by atoms with van der Waals surface area (Å²) in [6.07, 6.45) is 1.86. The van der Waals surface area contributed by atoms with Crippen molar-refractivity contribution in [2.45, 2.75) is 25.0 Å². The van der Waals surface area contributed by atoms with Crippen molar-refractivity contribution < 1.29 is 14.6 Å². The van der Waals surface area contributed by atoms with E-state index < -0.39 is 0 Å². The summed E-state index contributed by atoms with van der Waals surface area (Å²) in [6, 6.07) is 0. The monoisotopic (exact) mass is 146 g/mol. The van der Waals surface area contributed by atoms with E-state index in [2.05, 4.69) is 0 Å². The molecule has 3 nitrogen and oxygen atoms in total. The van der Waals surface area contributed by atoms with Crippen LogP contribution in [-0.4, -0.2) is 37.6 Å². The normalized spacial score (nSPS) is 26.4. The zero-order valence-corrected chi connectivity index (χ0v) is 6.25. The van der Waals surface area contributed by atoms with E-state index in [9.17, 15) is 0 Å². The predicted octanol–water partition coefficient (Wildman–Crippen LogP) is 0.173. The van der Waals surface area contributed by atoms with Gasteiger partial charge >= 0.3 is 0 Å². The van der Waals surface area contributed by atoms with Gasteiger partial charge in [0.15, 0.2) is 0 Å². The van der Waals surface area contributed by atoms with Crippen molar-refractivity contribution in [3.05, 3.63) is 0 Å². The molecule has 1 heterocycles. The molecule has 3 heteroatoms. The first-order chi connectivity index (χ1) is 4.83. The van der Waals surface area contributed by atoms with Gasteiger partial charge in [-0.2, -0.15) is 0 Å². The van der Waals surface area contributed by atoms with Gasteiger partial charge in [-0.3, -0.25) is 0 Å². The summed E-state index contributed by atoms with van der Waals surface area (Å²) in [5, 5.41) is 9.15. The van der Waals surface area contributed by atoms with E-state index >= 15 is 0 Å². The van der Waals surface area contributed by atoms with Gasteiger partial charge in [-0.25, -0.2) is 0 Å². The maximum Gasteiger partial charge on any atom is 0.0810 e. The molecule has 1 rings (SSSR count). The minimum atomic E-state index is -0.311. The summed E-state index contributed by atoms with van der Waals surface area (Å²) in [6.45, 7) is 1.31. The maximum atomic E-state index is 9.15. The highest BCUT2D eigenvalue weighted by molar-refractivity contribution is 4.70. The summed E-state index contributed by atoms with van der Waals surface area (Å²) < 4.78 is 9.75. The summed E-state index contributed by atoms with van der Waals surface area (Å²) in [5.74, 6) is 0. The van der Waals surface area contributed by atoms with Crippen molar-refractivity contribution in [3.63, 3.8) is 0 Å². The van der Waals surface area contributed by atoms with Gasteiger partial charge < -0.3 is 14.6 Å².